The van der Waals surface area contributed by atoms with Gasteiger partial charge in [0.25, 0.3) is 5.56 Å². The van der Waals surface area contributed by atoms with Gasteiger partial charge < -0.3 is 10.3 Å². The van der Waals surface area contributed by atoms with Crippen LogP contribution < -0.4 is 10.9 Å². The number of aromatic amines is 1. The number of thiazole rings is 1. The molecule has 0 saturated heterocycles. The van der Waals surface area contributed by atoms with Crippen molar-refractivity contribution in [3.05, 3.63) is 44.6 Å². The highest BCUT2D eigenvalue weighted by molar-refractivity contribution is 7.99. The Kier molecular flexibility index (Phi) is 4.89. The number of carbonyl (C=O) groups excluding carboxylic acids is 1. The maximum atomic E-state index is 12.6. The van der Waals surface area contributed by atoms with Crippen LogP contribution in [0.15, 0.2) is 28.2 Å². The lowest BCUT2D eigenvalue weighted by molar-refractivity contribution is -0.113. The second-order valence-electron chi connectivity index (χ2n) is 7.09. The molecular formula is C20H18N4O2S3. The molecule has 1 aromatic carbocycles. The van der Waals surface area contributed by atoms with Gasteiger partial charge in [-0.3, -0.25) is 9.59 Å². The third-order valence-corrected chi connectivity index (χ3v) is 7.93. The molecule has 9 heteroatoms. The largest absolute Gasteiger partial charge is 0.301 e. The Labute approximate surface area is 178 Å². The van der Waals surface area contributed by atoms with Gasteiger partial charge in [0.1, 0.15) is 4.83 Å². The van der Waals surface area contributed by atoms with Gasteiger partial charge in [0.05, 0.1) is 21.4 Å². The molecule has 0 saturated carbocycles. The van der Waals surface area contributed by atoms with Crippen molar-refractivity contribution in [3.8, 4) is 0 Å². The number of fused-ring (bicyclic) bond motifs is 4. The van der Waals surface area contributed by atoms with Crippen LogP contribution in [0.2, 0.25) is 0 Å². The summed E-state index contributed by atoms with van der Waals surface area (Å²) in [6.07, 6.45) is 4.28. The quantitative estimate of drug-likeness (QED) is 0.359. The molecule has 4 aromatic rings. The molecule has 0 spiro atoms. The summed E-state index contributed by atoms with van der Waals surface area (Å²) in [5.41, 5.74) is 3.11. The van der Waals surface area contributed by atoms with Gasteiger partial charge in [-0.15, -0.1) is 11.3 Å². The first-order chi connectivity index (χ1) is 14.1. The number of amides is 1. The molecule has 3 heterocycles. The third kappa shape index (κ3) is 3.70. The number of nitrogens with zero attached hydrogens (tertiary/aromatic N) is 2. The lowest BCUT2D eigenvalue weighted by Crippen LogP contribution is -2.15. The Hall–Kier alpha value is -2.23. The minimum absolute atomic E-state index is 0.0983. The first-order valence-corrected chi connectivity index (χ1v) is 12.0. The molecule has 0 bridgehead atoms. The summed E-state index contributed by atoms with van der Waals surface area (Å²) < 4.78 is 1.05. The van der Waals surface area contributed by atoms with Crippen LogP contribution in [0.5, 0.6) is 0 Å². The van der Waals surface area contributed by atoms with Crippen LogP contribution in [-0.4, -0.2) is 26.6 Å². The van der Waals surface area contributed by atoms with E-state index in [1.807, 2.05) is 19.1 Å². The van der Waals surface area contributed by atoms with Crippen molar-refractivity contribution in [3.63, 3.8) is 0 Å². The zero-order valence-electron chi connectivity index (χ0n) is 15.7. The molecule has 3 aromatic heterocycles. The minimum Gasteiger partial charge on any atom is -0.301 e. The van der Waals surface area contributed by atoms with Crippen molar-refractivity contribution < 1.29 is 4.79 Å². The van der Waals surface area contributed by atoms with E-state index in [0.29, 0.717) is 10.3 Å². The van der Waals surface area contributed by atoms with Gasteiger partial charge in [0.2, 0.25) is 5.91 Å². The summed E-state index contributed by atoms with van der Waals surface area (Å²) >= 11 is 4.31. The zero-order valence-corrected chi connectivity index (χ0v) is 18.2. The highest BCUT2D eigenvalue weighted by Gasteiger charge is 2.20. The summed E-state index contributed by atoms with van der Waals surface area (Å²) in [6, 6.07) is 6.02. The Bertz CT molecular complexity index is 1300. The number of nitrogens with one attached hydrogen (secondary N) is 2. The Morgan fingerprint density at radius 2 is 2.10 bits per heavy atom. The van der Waals surface area contributed by atoms with Crippen LogP contribution in [0.4, 0.5) is 5.13 Å². The maximum absolute atomic E-state index is 12.6. The predicted molar refractivity (Wildman–Crippen MR) is 121 cm³/mol. The highest BCUT2D eigenvalue weighted by Crippen LogP contribution is 2.34. The SMILES string of the molecule is Cc1ccc2nc(NC(=O)CSc3nc4sc5c(c4c(=O)[nH]3)CCCC5)sc2c1. The van der Waals surface area contributed by atoms with Crippen LogP contribution in [0, 0.1) is 6.92 Å². The molecule has 0 radical (unpaired) electrons. The van der Waals surface area contributed by atoms with Gasteiger partial charge >= 0.3 is 0 Å². The van der Waals surface area contributed by atoms with Crippen LogP contribution in [-0.2, 0) is 17.6 Å². The van der Waals surface area contributed by atoms with Gasteiger partial charge in [-0.2, -0.15) is 0 Å². The number of thioether (sulfide) groups is 1. The van der Waals surface area contributed by atoms with Gasteiger partial charge in [0, 0.05) is 4.88 Å². The maximum Gasteiger partial charge on any atom is 0.260 e. The molecule has 1 amide bonds. The van der Waals surface area contributed by atoms with Crippen LogP contribution in [0.1, 0.15) is 28.8 Å². The first-order valence-electron chi connectivity index (χ1n) is 9.41. The summed E-state index contributed by atoms with van der Waals surface area (Å²) in [5.74, 6) is -0.00639. The number of hydrogen-bond acceptors (Lipinski definition) is 7. The fraction of sp³-hybridized carbons (Fsp3) is 0.300. The summed E-state index contributed by atoms with van der Waals surface area (Å²) in [5, 5.41) is 4.65. The topological polar surface area (TPSA) is 87.7 Å². The second-order valence-corrected chi connectivity index (χ2v) is 10.2. The monoisotopic (exact) mass is 442 g/mol. The number of anilines is 1. The molecule has 1 aliphatic carbocycles. The van der Waals surface area contributed by atoms with E-state index in [2.05, 4.69) is 26.3 Å². The normalized spacial score (nSPS) is 13.7. The Morgan fingerprint density at radius 1 is 1.24 bits per heavy atom. The molecule has 6 nitrogen and oxygen atoms in total. The van der Waals surface area contributed by atoms with Gasteiger partial charge in [0.15, 0.2) is 10.3 Å². The minimum atomic E-state index is -0.168. The number of aromatic nitrogens is 3. The van der Waals surface area contributed by atoms with Crippen LogP contribution >= 0.6 is 34.4 Å². The van der Waals surface area contributed by atoms with E-state index in [1.165, 1.54) is 40.0 Å². The van der Waals surface area contributed by atoms with E-state index in [0.717, 1.165) is 45.3 Å². The number of hydrogen-bond donors (Lipinski definition) is 2. The number of rotatable bonds is 4. The van der Waals surface area contributed by atoms with E-state index in [1.54, 1.807) is 11.3 Å². The highest BCUT2D eigenvalue weighted by atomic mass is 32.2. The summed E-state index contributed by atoms with van der Waals surface area (Å²) in [4.78, 5) is 38.9. The number of thiophene rings is 1. The van der Waals surface area contributed by atoms with E-state index in [4.69, 9.17) is 0 Å². The smallest absolute Gasteiger partial charge is 0.260 e. The first kappa shape index (κ1) is 18.8. The van der Waals surface area contributed by atoms with E-state index in [-0.39, 0.29) is 17.2 Å². The fourth-order valence-electron chi connectivity index (χ4n) is 3.59. The molecule has 29 heavy (non-hydrogen) atoms. The molecule has 5 rings (SSSR count). The van der Waals surface area contributed by atoms with Gasteiger partial charge in [-0.1, -0.05) is 29.2 Å². The molecule has 1 aliphatic rings. The van der Waals surface area contributed by atoms with Crippen LogP contribution in [0.3, 0.4) is 0 Å². The van der Waals surface area contributed by atoms with Crippen molar-refractivity contribution in [2.75, 3.05) is 11.1 Å². The summed E-state index contributed by atoms with van der Waals surface area (Å²) in [7, 11) is 0. The Morgan fingerprint density at radius 3 is 3.00 bits per heavy atom. The molecule has 148 valence electrons. The third-order valence-electron chi connectivity index (χ3n) is 4.93. The molecule has 0 aliphatic heterocycles. The van der Waals surface area contributed by atoms with Crippen LogP contribution in [0.25, 0.3) is 20.4 Å². The van der Waals surface area contributed by atoms with E-state index < -0.39 is 0 Å². The summed E-state index contributed by atoms with van der Waals surface area (Å²) in [6.45, 7) is 2.03. The number of benzene rings is 1. The van der Waals surface area contributed by atoms with Crippen molar-refractivity contribution in [2.45, 2.75) is 37.8 Å². The van der Waals surface area contributed by atoms with Crippen molar-refractivity contribution >= 4 is 65.9 Å². The van der Waals surface area contributed by atoms with E-state index in [9.17, 15) is 9.59 Å². The zero-order chi connectivity index (χ0) is 20.0. The number of H-pyrrole nitrogens is 1. The van der Waals surface area contributed by atoms with E-state index >= 15 is 0 Å². The number of carbonyl (C=O) groups is 1. The number of aryl methyl sites for hydroxylation is 3. The van der Waals surface area contributed by atoms with Crippen molar-refractivity contribution in [1.82, 2.24) is 15.0 Å². The average molecular weight is 443 g/mol. The van der Waals surface area contributed by atoms with Crippen molar-refractivity contribution in [1.29, 1.82) is 0 Å². The van der Waals surface area contributed by atoms with Gasteiger partial charge in [-0.05, 0) is 55.9 Å². The molecule has 0 unspecified atom stereocenters. The van der Waals surface area contributed by atoms with Gasteiger partial charge in [-0.25, -0.2) is 9.97 Å². The second kappa shape index (κ2) is 7.55. The Balaban J connectivity index is 1.30. The lowest BCUT2D eigenvalue weighted by atomic mass is 9.97. The average Bonchev–Trinajstić information content (AvgIpc) is 3.26. The lowest BCUT2D eigenvalue weighted by Gasteiger charge is -2.09. The molecule has 2 N–H and O–H groups in total. The molecule has 0 atom stereocenters. The molecule has 0 fully saturated rings. The predicted octanol–water partition coefficient (Wildman–Crippen LogP) is 4.51. The standard InChI is InChI=1S/C20H18N4O2S3/c1-10-6-7-12-14(8-10)29-20(21-12)22-15(25)9-27-19-23-17(26)16-11-4-2-3-5-13(11)28-18(16)24-19/h6-8H,2-5,9H2,1H3,(H,21,22,25)(H,23,24,26). The van der Waals surface area contributed by atoms with Crippen molar-refractivity contribution in [2.24, 2.45) is 0 Å². The fourth-order valence-corrected chi connectivity index (χ4v) is 6.55. The molecular weight excluding hydrogens is 424 g/mol.